The normalized spacial score (nSPS) is 16.0. The molecule has 0 spiro atoms. The zero-order chi connectivity index (χ0) is 19.0. The third-order valence-corrected chi connectivity index (χ3v) is 4.91. The zero-order valence-corrected chi connectivity index (χ0v) is 15.1. The molecule has 0 saturated carbocycles. The number of carbonyl (C=O) groups is 1. The number of hydrogen-bond acceptors (Lipinski definition) is 4. The van der Waals surface area contributed by atoms with Crippen LogP contribution in [0.4, 0.5) is 10.1 Å². The number of ether oxygens (including phenoxy) is 1. The molecule has 27 heavy (non-hydrogen) atoms. The van der Waals surface area contributed by atoms with Crippen LogP contribution in [-0.2, 0) is 17.9 Å². The molecule has 0 aliphatic carbocycles. The molecule has 1 atom stereocenters. The van der Waals surface area contributed by atoms with Gasteiger partial charge in [0.25, 0.3) is 5.91 Å². The largest absolute Gasteiger partial charge is 0.365 e. The van der Waals surface area contributed by atoms with Crippen molar-refractivity contribution in [1.29, 1.82) is 0 Å². The average Bonchev–Trinajstić information content (AvgIpc) is 3.09. The second kappa shape index (κ2) is 6.92. The van der Waals surface area contributed by atoms with Gasteiger partial charge in [0.2, 0.25) is 0 Å². The summed E-state index contributed by atoms with van der Waals surface area (Å²) in [5, 5.41) is 11.1. The van der Waals surface area contributed by atoms with E-state index in [9.17, 15) is 9.18 Å². The fraction of sp³-hybridized carbons (Fsp3) is 0.250. The fourth-order valence-electron chi connectivity index (χ4n) is 3.14. The third kappa shape index (κ3) is 3.33. The Kier molecular flexibility index (Phi) is 4.45. The van der Waals surface area contributed by atoms with E-state index in [1.165, 1.54) is 12.1 Å². The van der Waals surface area contributed by atoms with Gasteiger partial charge in [0.15, 0.2) is 5.69 Å². The molecule has 0 radical (unpaired) electrons. The molecule has 1 N–H and O–H groups in total. The molecule has 1 aliphatic rings. The van der Waals surface area contributed by atoms with Crippen molar-refractivity contribution in [2.75, 3.05) is 5.32 Å². The lowest BCUT2D eigenvalue weighted by molar-refractivity contribution is -0.00174. The Labute approximate surface area is 156 Å². The molecule has 0 fully saturated rings. The van der Waals surface area contributed by atoms with Crippen LogP contribution >= 0.6 is 0 Å². The Bertz CT molecular complexity index is 998. The molecular weight excluding hydrogens is 347 g/mol. The molecule has 1 aromatic heterocycles. The predicted molar refractivity (Wildman–Crippen MR) is 97.8 cm³/mol. The highest BCUT2D eigenvalue weighted by molar-refractivity contribution is 6.04. The second-order valence-corrected chi connectivity index (χ2v) is 6.62. The number of aryl methyl sites for hydroxylation is 1. The number of anilines is 1. The first-order valence-electron chi connectivity index (χ1n) is 8.70. The highest BCUT2D eigenvalue weighted by Gasteiger charge is 2.28. The van der Waals surface area contributed by atoms with Crippen molar-refractivity contribution in [2.45, 2.75) is 33.1 Å². The summed E-state index contributed by atoms with van der Waals surface area (Å²) in [6, 6.07) is 11.9. The monoisotopic (exact) mass is 366 g/mol. The van der Waals surface area contributed by atoms with Gasteiger partial charge >= 0.3 is 0 Å². The number of nitrogens with one attached hydrogen (secondary N) is 1. The van der Waals surface area contributed by atoms with Crippen LogP contribution in [0, 0.1) is 19.7 Å². The van der Waals surface area contributed by atoms with Gasteiger partial charge in [0, 0.05) is 5.69 Å². The molecule has 1 aliphatic heterocycles. The third-order valence-electron chi connectivity index (χ3n) is 4.91. The Morgan fingerprint density at radius 1 is 1.22 bits per heavy atom. The molecule has 7 heteroatoms. The highest BCUT2D eigenvalue weighted by Crippen LogP contribution is 2.27. The highest BCUT2D eigenvalue weighted by atomic mass is 19.1. The van der Waals surface area contributed by atoms with Gasteiger partial charge in [-0.25, -0.2) is 9.07 Å². The minimum Gasteiger partial charge on any atom is -0.365 e. The summed E-state index contributed by atoms with van der Waals surface area (Å²) in [4.78, 5) is 12.7. The van der Waals surface area contributed by atoms with E-state index in [4.69, 9.17) is 4.74 Å². The van der Waals surface area contributed by atoms with Gasteiger partial charge in [-0.2, -0.15) is 0 Å². The van der Waals surface area contributed by atoms with Crippen molar-refractivity contribution in [3.63, 3.8) is 0 Å². The molecule has 4 rings (SSSR count). The maximum absolute atomic E-state index is 13.1. The van der Waals surface area contributed by atoms with Gasteiger partial charge < -0.3 is 10.1 Å². The molecule has 138 valence electrons. The van der Waals surface area contributed by atoms with Crippen molar-refractivity contribution < 1.29 is 13.9 Å². The van der Waals surface area contributed by atoms with E-state index < -0.39 is 0 Å². The number of hydrogen-bond donors (Lipinski definition) is 1. The van der Waals surface area contributed by atoms with Crippen LogP contribution in [0.5, 0.6) is 0 Å². The molecule has 2 aromatic carbocycles. The maximum Gasteiger partial charge on any atom is 0.278 e. The van der Waals surface area contributed by atoms with E-state index in [0.29, 0.717) is 12.2 Å². The number of carbonyl (C=O) groups excluding carboxylic acids is 1. The van der Waals surface area contributed by atoms with Crippen molar-refractivity contribution in [3.05, 3.63) is 76.4 Å². The Morgan fingerprint density at radius 2 is 2.00 bits per heavy atom. The van der Waals surface area contributed by atoms with Gasteiger partial charge in [0.1, 0.15) is 11.9 Å². The number of fused-ring (bicyclic) bond motifs is 1. The Hall–Kier alpha value is -3.06. The van der Waals surface area contributed by atoms with E-state index >= 15 is 0 Å². The van der Waals surface area contributed by atoms with Crippen LogP contribution in [-0.4, -0.2) is 20.9 Å². The zero-order valence-electron chi connectivity index (χ0n) is 15.1. The summed E-state index contributed by atoms with van der Waals surface area (Å²) in [7, 11) is 0. The first-order valence-corrected chi connectivity index (χ1v) is 8.70. The van der Waals surface area contributed by atoms with Crippen molar-refractivity contribution in [2.24, 2.45) is 0 Å². The quantitative estimate of drug-likeness (QED) is 0.770. The number of halogens is 1. The van der Waals surface area contributed by atoms with E-state index in [-0.39, 0.29) is 30.1 Å². The second-order valence-electron chi connectivity index (χ2n) is 6.62. The van der Waals surface area contributed by atoms with Gasteiger partial charge in [0.05, 0.1) is 18.8 Å². The van der Waals surface area contributed by atoms with Crippen LogP contribution in [0.2, 0.25) is 0 Å². The van der Waals surface area contributed by atoms with Crippen LogP contribution in [0.1, 0.15) is 39.0 Å². The maximum atomic E-state index is 13.1. The lowest BCUT2D eigenvalue weighted by Gasteiger charge is -2.24. The minimum atomic E-state index is -0.311. The lowest BCUT2D eigenvalue weighted by Crippen LogP contribution is -2.24. The number of rotatable bonds is 3. The van der Waals surface area contributed by atoms with E-state index in [1.54, 1.807) is 16.8 Å². The van der Waals surface area contributed by atoms with Crippen molar-refractivity contribution in [3.8, 4) is 0 Å². The predicted octanol–water partition coefficient (Wildman–Crippen LogP) is 3.56. The molecule has 6 nitrogen and oxygen atoms in total. The molecule has 0 bridgehead atoms. The molecule has 0 saturated heterocycles. The van der Waals surface area contributed by atoms with Crippen molar-refractivity contribution in [1.82, 2.24) is 15.0 Å². The molecular formula is C20H19FN4O2. The van der Waals surface area contributed by atoms with Gasteiger partial charge in [-0.3, -0.25) is 4.79 Å². The van der Waals surface area contributed by atoms with Crippen LogP contribution < -0.4 is 5.32 Å². The number of nitrogens with zero attached hydrogens (tertiary/aromatic N) is 3. The average molecular weight is 366 g/mol. The Balaban J connectivity index is 1.53. The van der Waals surface area contributed by atoms with E-state index in [0.717, 1.165) is 22.4 Å². The van der Waals surface area contributed by atoms with Crippen molar-refractivity contribution >= 4 is 11.6 Å². The minimum absolute atomic E-state index is 0.213. The SMILES string of the molecule is Cc1cccc(NC(=O)c2nnn3c2COC(c2ccc(F)cc2)C3)c1C. The number of benzene rings is 2. The van der Waals surface area contributed by atoms with Gasteiger partial charge in [-0.15, -0.1) is 5.10 Å². The van der Waals surface area contributed by atoms with E-state index in [1.807, 2.05) is 32.0 Å². The lowest BCUT2D eigenvalue weighted by atomic mass is 10.1. The molecule has 2 heterocycles. The van der Waals surface area contributed by atoms with Crippen LogP contribution in [0.15, 0.2) is 42.5 Å². The summed E-state index contributed by atoms with van der Waals surface area (Å²) in [6.45, 7) is 4.59. The van der Waals surface area contributed by atoms with Gasteiger partial charge in [-0.1, -0.05) is 29.5 Å². The Morgan fingerprint density at radius 3 is 2.78 bits per heavy atom. The summed E-state index contributed by atoms with van der Waals surface area (Å²) in [5.41, 5.74) is 4.62. The first-order chi connectivity index (χ1) is 13.0. The van der Waals surface area contributed by atoms with Crippen LogP contribution in [0.3, 0.4) is 0 Å². The first kappa shape index (κ1) is 17.4. The molecule has 1 unspecified atom stereocenters. The smallest absolute Gasteiger partial charge is 0.278 e. The molecule has 3 aromatic rings. The number of amides is 1. The van der Waals surface area contributed by atoms with Crippen LogP contribution in [0.25, 0.3) is 0 Å². The fourth-order valence-corrected chi connectivity index (χ4v) is 3.14. The number of aromatic nitrogens is 3. The van der Waals surface area contributed by atoms with E-state index in [2.05, 4.69) is 15.6 Å². The standard InChI is InChI=1S/C20H19FN4O2/c1-12-4-3-5-16(13(12)2)22-20(26)19-17-11-27-18(10-25(17)24-23-19)14-6-8-15(21)9-7-14/h3-9,18H,10-11H2,1-2H3,(H,22,26). The summed E-state index contributed by atoms with van der Waals surface area (Å²) in [5.74, 6) is -0.602. The summed E-state index contributed by atoms with van der Waals surface area (Å²) < 4.78 is 20.6. The summed E-state index contributed by atoms with van der Waals surface area (Å²) >= 11 is 0. The topological polar surface area (TPSA) is 69.0 Å². The molecule has 1 amide bonds. The van der Waals surface area contributed by atoms with Gasteiger partial charge in [-0.05, 0) is 48.7 Å². The summed E-state index contributed by atoms with van der Waals surface area (Å²) in [6.07, 6.45) is -0.255.